The molecule has 0 amide bonds. The second kappa shape index (κ2) is 7.93. The average molecular weight is 489 g/mol. The van der Waals surface area contributed by atoms with E-state index in [1.165, 1.54) is 5.56 Å². The first-order valence-corrected chi connectivity index (χ1v) is 11.8. The van der Waals surface area contributed by atoms with Gasteiger partial charge >= 0.3 is 12.1 Å². The molecule has 2 fully saturated rings. The molecule has 2 saturated carbocycles. The zero-order valence-corrected chi connectivity index (χ0v) is 19.5. The fourth-order valence-electron chi connectivity index (χ4n) is 5.53. The van der Waals surface area contributed by atoms with Crippen LogP contribution in [0, 0.1) is 11.3 Å². The second-order valence-electron chi connectivity index (χ2n) is 10.3. The Labute approximate surface area is 200 Å². The Kier molecular flexibility index (Phi) is 5.34. The zero-order valence-electron chi connectivity index (χ0n) is 19.5. The van der Waals surface area contributed by atoms with Crippen molar-refractivity contribution >= 4 is 23.2 Å². The van der Waals surface area contributed by atoms with Gasteiger partial charge in [0.15, 0.2) is 11.5 Å². The van der Waals surface area contributed by atoms with Crippen LogP contribution in [0.5, 0.6) is 5.88 Å². The van der Waals surface area contributed by atoms with Gasteiger partial charge in [0.2, 0.25) is 11.7 Å². The minimum Gasteiger partial charge on any atom is -0.481 e. The van der Waals surface area contributed by atoms with E-state index in [9.17, 15) is 23.1 Å². The molecule has 0 bridgehead atoms. The Morgan fingerprint density at radius 1 is 1.09 bits per heavy atom. The monoisotopic (exact) mass is 488 g/mol. The van der Waals surface area contributed by atoms with Crippen LogP contribution in [0.25, 0.3) is 0 Å². The van der Waals surface area contributed by atoms with Crippen LogP contribution in [0.15, 0.2) is 29.3 Å². The van der Waals surface area contributed by atoms with E-state index in [2.05, 4.69) is 15.0 Å². The molecule has 35 heavy (non-hydrogen) atoms. The molecule has 1 aliphatic heterocycles. The van der Waals surface area contributed by atoms with Crippen LogP contribution >= 0.6 is 0 Å². The van der Waals surface area contributed by atoms with E-state index in [4.69, 9.17) is 10.5 Å². The Morgan fingerprint density at radius 2 is 1.71 bits per heavy atom. The lowest BCUT2D eigenvalue weighted by atomic mass is 9.72. The lowest BCUT2D eigenvalue weighted by molar-refractivity contribution is -0.146. The van der Waals surface area contributed by atoms with E-state index in [-0.39, 0.29) is 17.5 Å². The number of carboxylic acid groups (broad SMARTS) is 1. The molecule has 0 unspecified atom stereocenters. The van der Waals surface area contributed by atoms with Gasteiger partial charge in [0.05, 0.1) is 11.1 Å². The Balaban J connectivity index is 1.36. The van der Waals surface area contributed by atoms with Gasteiger partial charge in [-0.25, -0.2) is 9.98 Å². The molecule has 3 aliphatic rings. The van der Waals surface area contributed by atoms with Crippen LogP contribution in [0.3, 0.4) is 0 Å². The van der Waals surface area contributed by atoms with Gasteiger partial charge in [0.25, 0.3) is 0 Å². The highest BCUT2D eigenvalue weighted by atomic mass is 19.4. The number of rotatable bonds is 4. The standard InChI is InChI=1S/C25H27F3N4O3/c1-23(2)18(30-17-19(29)31-21(25(26,27)28)32-20(17)35-23)15-5-3-13(4-6-15)14-7-9-16(10-8-14)24(11-12-24)22(33)34/h3-6,14,16H,7-12H2,1-2H3,(H,33,34)(H2,29,31,32). The number of nitrogens with zero attached hydrogens (tertiary/aromatic N) is 3. The molecular weight excluding hydrogens is 461 g/mol. The number of alkyl halides is 3. The molecule has 5 rings (SSSR count). The van der Waals surface area contributed by atoms with E-state index in [1.807, 2.05) is 24.3 Å². The summed E-state index contributed by atoms with van der Waals surface area (Å²) in [5.74, 6) is -2.06. The van der Waals surface area contributed by atoms with Crippen LogP contribution in [0.1, 0.15) is 75.2 Å². The average Bonchev–Trinajstić information content (AvgIpc) is 3.60. The maximum absolute atomic E-state index is 13.1. The number of hydrogen-bond acceptors (Lipinski definition) is 6. The Hall–Kier alpha value is -3.17. The van der Waals surface area contributed by atoms with Crippen LogP contribution < -0.4 is 10.5 Å². The number of ether oxygens (including phenoxy) is 1. The SMILES string of the molecule is CC1(C)Oc2nc(C(F)(F)F)nc(N)c2N=C1c1ccc(C2CCC(C3(C(=O)O)CC3)CC2)cc1. The van der Waals surface area contributed by atoms with Gasteiger partial charge in [-0.1, -0.05) is 24.3 Å². The third-order valence-electron chi connectivity index (χ3n) is 7.66. The van der Waals surface area contributed by atoms with Crippen molar-refractivity contribution in [3.63, 3.8) is 0 Å². The molecule has 2 heterocycles. The lowest BCUT2D eigenvalue weighted by Crippen LogP contribution is -2.41. The van der Waals surface area contributed by atoms with Crippen molar-refractivity contribution in [2.45, 2.75) is 70.1 Å². The van der Waals surface area contributed by atoms with Gasteiger partial charge in [0, 0.05) is 5.56 Å². The molecule has 1 aromatic heterocycles. The number of aromatic nitrogens is 2. The summed E-state index contributed by atoms with van der Waals surface area (Å²) < 4.78 is 45.1. The first-order chi connectivity index (χ1) is 16.4. The molecular formula is C25H27F3N4O3. The fourth-order valence-corrected chi connectivity index (χ4v) is 5.53. The Morgan fingerprint density at radius 3 is 2.26 bits per heavy atom. The predicted molar refractivity (Wildman–Crippen MR) is 123 cm³/mol. The maximum atomic E-state index is 13.1. The molecule has 0 radical (unpaired) electrons. The number of benzene rings is 1. The zero-order chi connectivity index (χ0) is 25.2. The number of carboxylic acids is 1. The molecule has 186 valence electrons. The summed E-state index contributed by atoms with van der Waals surface area (Å²) in [6, 6.07) is 7.92. The van der Waals surface area contributed by atoms with Crippen molar-refractivity contribution in [2.75, 3.05) is 5.73 Å². The van der Waals surface area contributed by atoms with E-state index in [0.29, 0.717) is 11.6 Å². The van der Waals surface area contributed by atoms with Gasteiger partial charge in [-0.15, -0.1) is 0 Å². The van der Waals surface area contributed by atoms with Crippen LogP contribution in [0.2, 0.25) is 0 Å². The number of nitrogens with two attached hydrogens (primary N) is 1. The molecule has 7 nitrogen and oxygen atoms in total. The lowest BCUT2D eigenvalue weighted by Gasteiger charge is -2.33. The Bertz CT molecular complexity index is 1200. The van der Waals surface area contributed by atoms with Crippen molar-refractivity contribution in [3.05, 3.63) is 41.2 Å². The number of carbonyl (C=O) groups is 1. The van der Waals surface area contributed by atoms with Gasteiger partial charge in [0.1, 0.15) is 5.60 Å². The first-order valence-electron chi connectivity index (χ1n) is 11.8. The summed E-state index contributed by atoms with van der Waals surface area (Å²) in [7, 11) is 0. The van der Waals surface area contributed by atoms with E-state index in [0.717, 1.165) is 44.1 Å². The number of fused-ring (bicyclic) bond motifs is 1. The van der Waals surface area contributed by atoms with Crippen molar-refractivity contribution in [1.29, 1.82) is 0 Å². The minimum atomic E-state index is -4.75. The molecule has 0 atom stereocenters. The largest absolute Gasteiger partial charge is 0.481 e. The van der Waals surface area contributed by atoms with Crippen molar-refractivity contribution in [2.24, 2.45) is 16.3 Å². The summed E-state index contributed by atoms with van der Waals surface area (Å²) in [6.07, 6.45) is 0.590. The quantitative estimate of drug-likeness (QED) is 0.587. The van der Waals surface area contributed by atoms with Crippen molar-refractivity contribution in [3.8, 4) is 5.88 Å². The summed E-state index contributed by atoms with van der Waals surface area (Å²) in [5, 5.41) is 9.58. The fraction of sp³-hybridized carbons (Fsp3) is 0.520. The number of nitrogen functional groups attached to an aromatic ring is 1. The molecule has 2 aromatic rings. The summed E-state index contributed by atoms with van der Waals surface area (Å²) >= 11 is 0. The third kappa shape index (κ3) is 4.12. The van der Waals surface area contributed by atoms with Crippen molar-refractivity contribution in [1.82, 2.24) is 9.97 Å². The highest BCUT2D eigenvalue weighted by Crippen LogP contribution is 2.57. The van der Waals surface area contributed by atoms with E-state index < -0.39 is 34.8 Å². The first kappa shape index (κ1) is 23.6. The number of hydrogen-bond donors (Lipinski definition) is 2. The normalized spacial score (nSPS) is 24.7. The van der Waals surface area contributed by atoms with E-state index in [1.54, 1.807) is 13.8 Å². The number of anilines is 1. The maximum Gasteiger partial charge on any atom is 0.451 e. The summed E-state index contributed by atoms with van der Waals surface area (Å²) in [6.45, 7) is 3.43. The van der Waals surface area contributed by atoms with Gasteiger partial charge < -0.3 is 15.6 Å². The number of aliphatic carboxylic acids is 1. The third-order valence-corrected chi connectivity index (χ3v) is 7.66. The summed E-state index contributed by atoms with van der Waals surface area (Å²) in [5.41, 5.74) is 6.71. The highest BCUT2D eigenvalue weighted by Gasteiger charge is 2.56. The minimum absolute atomic E-state index is 0.0119. The smallest absolute Gasteiger partial charge is 0.451 e. The number of aliphatic imine (C=N–C) groups is 1. The van der Waals surface area contributed by atoms with Crippen LogP contribution in [-0.4, -0.2) is 32.4 Å². The molecule has 0 spiro atoms. The molecule has 10 heteroatoms. The highest BCUT2D eigenvalue weighted by molar-refractivity contribution is 6.09. The number of halogens is 3. The molecule has 0 saturated heterocycles. The van der Waals surface area contributed by atoms with Crippen molar-refractivity contribution < 1.29 is 27.8 Å². The topological polar surface area (TPSA) is 111 Å². The predicted octanol–water partition coefficient (Wildman–Crippen LogP) is 5.51. The van der Waals surface area contributed by atoms with Crippen LogP contribution in [-0.2, 0) is 11.0 Å². The molecule has 1 aromatic carbocycles. The van der Waals surface area contributed by atoms with E-state index >= 15 is 0 Å². The van der Waals surface area contributed by atoms with Gasteiger partial charge in [-0.2, -0.15) is 18.2 Å². The van der Waals surface area contributed by atoms with Gasteiger partial charge in [-0.05, 0) is 69.8 Å². The summed E-state index contributed by atoms with van der Waals surface area (Å²) in [4.78, 5) is 23.0. The molecule has 2 aliphatic carbocycles. The van der Waals surface area contributed by atoms with Gasteiger partial charge in [-0.3, -0.25) is 4.79 Å². The van der Waals surface area contributed by atoms with Crippen LogP contribution in [0.4, 0.5) is 24.7 Å². The second-order valence-corrected chi connectivity index (χ2v) is 10.3. The molecule has 3 N–H and O–H groups in total.